The number of carbonyl (C=O) groups is 1. The van der Waals surface area contributed by atoms with Crippen LogP contribution >= 0.6 is 0 Å². The lowest BCUT2D eigenvalue weighted by molar-refractivity contribution is -0.136. The normalized spacial score (nSPS) is 9.75. The Labute approximate surface area is 68.4 Å². The van der Waals surface area contributed by atoms with Crippen LogP contribution in [-0.2, 0) is 11.8 Å². The number of anilines is 1. The highest BCUT2D eigenvalue weighted by Gasteiger charge is 2.01. The van der Waals surface area contributed by atoms with E-state index in [1.807, 2.05) is 0 Å². The second-order valence-corrected chi connectivity index (χ2v) is 2.20. The molecule has 0 unspecified atom stereocenters. The van der Waals surface area contributed by atoms with Gasteiger partial charge in [0.2, 0.25) is 5.95 Å². The standard InChI is InChI=1S/C5H9N5O2/c1-10-5(7-8-9-10)6-3-2-4(11)12/h2-3H2,1H3,(H,11,12)(H,6,7,9). The van der Waals surface area contributed by atoms with Gasteiger partial charge in [0, 0.05) is 13.6 Å². The molecular weight excluding hydrogens is 162 g/mol. The van der Waals surface area contributed by atoms with E-state index in [0.717, 1.165) is 0 Å². The van der Waals surface area contributed by atoms with Crippen LogP contribution in [0, 0.1) is 0 Å². The van der Waals surface area contributed by atoms with E-state index in [0.29, 0.717) is 12.5 Å². The van der Waals surface area contributed by atoms with Gasteiger partial charge in [-0.2, -0.15) is 0 Å². The van der Waals surface area contributed by atoms with Gasteiger partial charge in [0.1, 0.15) is 0 Å². The lowest BCUT2D eigenvalue weighted by Crippen LogP contribution is -2.10. The van der Waals surface area contributed by atoms with Crippen LogP contribution in [0.1, 0.15) is 6.42 Å². The molecule has 7 nitrogen and oxygen atoms in total. The molecule has 0 spiro atoms. The number of nitrogens with zero attached hydrogens (tertiary/aromatic N) is 4. The highest BCUT2D eigenvalue weighted by molar-refractivity contribution is 5.67. The Bertz CT molecular complexity index is 271. The maximum atomic E-state index is 10.1. The Hall–Kier alpha value is -1.66. The molecule has 0 atom stereocenters. The fourth-order valence-electron chi connectivity index (χ4n) is 0.660. The van der Waals surface area contributed by atoms with Crippen LogP contribution < -0.4 is 5.32 Å². The number of aliphatic carboxylic acids is 1. The van der Waals surface area contributed by atoms with Crippen molar-refractivity contribution in [3.8, 4) is 0 Å². The van der Waals surface area contributed by atoms with E-state index in [4.69, 9.17) is 5.11 Å². The van der Waals surface area contributed by atoms with Gasteiger partial charge < -0.3 is 10.4 Å². The molecule has 0 aliphatic heterocycles. The second-order valence-electron chi connectivity index (χ2n) is 2.20. The van der Waals surface area contributed by atoms with Crippen LogP contribution in [0.4, 0.5) is 5.95 Å². The summed E-state index contributed by atoms with van der Waals surface area (Å²) in [4.78, 5) is 10.1. The van der Waals surface area contributed by atoms with Crippen molar-refractivity contribution in [2.24, 2.45) is 7.05 Å². The molecule has 0 aromatic carbocycles. The summed E-state index contributed by atoms with van der Waals surface area (Å²) < 4.78 is 1.43. The lowest BCUT2D eigenvalue weighted by Gasteiger charge is -1.99. The number of nitrogens with one attached hydrogen (secondary N) is 1. The summed E-state index contributed by atoms with van der Waals surface area (Å²) in [6.07, 6.45) is 0.0485. The third kappa shape index (κ3) is 2.19. The van der Waals surface area contributed by atoms with Crippen LogP contribution in [0.15, 0.2) is 0 Å². The summed E-state index contributed by atoms with van der Waals surface area (Å²) in [6.45, 7) is 0.323. The first-order valence-corrected chi connectivity index (χ1v) is 3.38. The number of hydrogen-bond donors (Lipinski definition) is 2. The summed E-state index contributed by atoms with van der Waals surface area (Å²) in [6, 6.07) is 0. The van der Waals surface area contributed by atoms with E-state index in [9.17, 15) is 4.79 Å². The van der Waals surface area contributed by atoms with Gasteiger partial charge in [0.25, 0.3) is 0 Å². The fourth-order valence-corrected chi connectivity index (χ4v) is 0.660. The monoisotopic (exact) mass is 171 g/mol. The summed E-state index contributed by atoms with van der Waals surface area (Å²) in [7, 11) is 1.67. The predicted octanol–water partition coefficient (Wildman–Crippen LogP) is -0.903. The van der Waals surface area contributed by atoms with E-state index in [1.165, 1.54) is 4.68 Å². The second kappa shape index (κ2) is 3.65. The summed E-state index contributed by atoms with van der Waals surface area (Å²) >= 11 is 0. The molecular formula is C5H9N5O2. The maximum Gasteiger partial charge on any atom is 0.305 e. The summed E-state index contributed by atoms with van der Waals surface area (Å²) in [5.74, 6) is -0.381. The van der Waals surface area contributed by atoms with Gasteiger partial charge >= 0.3 is 5.97 Å². The molecule has 0 aliphatic rings. The SMILES string of the molecule is Cn1nnnc1NCCC(=O)O. The minimum atomic E-state index is -0.849. The minimum absolute atomic E-state index is 0.0485. The van der Waals surface area contributed by atoms with E-state index in [1.54, 1.807) is 7.05 Å². The van der Waals surface area contributed by atoms with Crippen molar-refractivity contribution in [2.45, 2.75) is 6.42 Å². The van der Waals surface area contributed by atoms with Crippen molar-refractivity contribution in [3.63, 3.8) is 0 Å². The van der Waals surface area contributed by atoms with Crippen LogP contribution in [0.5, 0.6) is 0 Å². The van der Waals surface area contributed by atoms with Gasteiger partial charge in [-0.05, 0) is 10.4 Å². The van der Waals surface area contributed by atoms with Crippen molar-refractivity contribution in [3.05, 3.63) is 0 Å². The maximum absolute atomic E-state index is 10.1. The van der Waals surface area contributed by atoms with E-state index in [2.05, 4.69) is 20.8 Å². The summed E-state index contributed by atoms with van der Waals surface area (Å²) in [5, 5.41) is 21.6. The molecule has 0 radical (unpaired) electrons. The van der Waals surface area contributed by atoms with Gasteiger partial charge in [-0.25, -0.2) is 4.68 Å². The van der Waals surface area contributed by atoms with Crippen molar-refractivity contribution in [2.75, 3.05) is 11.9 Å². The number of carboxylic acid groups (broad SMARTS) is 1. The van der Waals surface area contributed by atoms with Crippen molar-refractivity contribution in [1.29, 1.82) is 0 Å². The molecule has 2 N–H and O–H groups in total. The third-order valence-electron chi connectivity index (χ3n) is 1.24. The highest BCUT2D eigenvalue weighted by Crippen LogP contribution is 1.94. The van der Waals surface area contributed by atoms with Crippen molar-refractivity contribution < 1.29 is 9.90 Å². The molecule has 1 aromatic rings. The van der Waals surface area contributed by atoms with Gasteiger partial charge in [-0.3, -0.25) is 4.79 Å². The Morgan fingerprint density at radius 2 is 2.50 bits per heavy atom. The van der Waals surface area contributed by atoms with E-state index in [-0.39, 0.29) is 6.42 Å². The Morgan fingerprint density at radius 1 is 1.75 bits per heavy atom. The first-order chi connectivity index (χ1) is 5.70. The Morgan fingerprint density at radius 3 is 3.00 bits per heavy atom. The molecule has 0 saturated carbocycles. The Balaban J connectivity index is 2.33. The molecule has 66 valence electrons. The number of hydrogen-bond acceptors (Lipinski definition) is 5. The van der Waals surface area contributed by atoms with Crippen LogP contribution in [0.3, 0.4) is 0 Å². The Kier molecular flexibility index (Phi) is 2.57. The molecule has 0 amide bonds. The zero-order valence-corrected chi connectivity index (χ0v) is 6.56. The smallest absolute Gasteiger partial charge is 0.305 e. The van der Waals surface area contributed by atoms with Gasteiger partial charge in [0.05, 0.1) is 6.42 Å². The van der Waals surface area contributed by atoms with Crippen molar-refractivity contribution in [1.82, 2.24) is 20.2 Å². The number of carboxylic acids is 1. The predicted molar refractivity (Wildman–Crippen MR) is 39.5 cm³/mol. The molecule has 1 aromatic heterocycles. The quantitative estimate of drug-likeness (QED) is 0.609. The number of aryl methyl sites for hydroxylation is 1. The molecule has 0 fully saturated rings. The zero-order chi connectivity index (χ0) is 8.97. The molecule has 1 rings (SSSR count). The van der Waals surface area contributed by atoms with Crippen LogP contribution in [0.2, 0.25) is 0 Å². The number of tetrazole rings is 1. The molecule has 7 heteroatoms. The van der Waals surface area contributed by atoms with Gasteiger partial charge in [-0.1, -0.05) is 5.10 Å². The average molecular weight is 171 g/mol. The molecule has 12 heavy (non-hydrogen) atoms. The topological polar surface area (TPSA) is 92.9 Å². The first kappa shape index (κ1) is 8.44. The van der Waals surface area contributed by atoms with Crippen LogP contribution in [0.25, 0.3) is 0 Å². The minimum Gasteiger partial charge on any atom is -0.481 e. The first-order valence-electron chi connectivity index (χ1n) is 3.38. The van der Waals surface area contributed by atoms with E-state index >= 15 is 0 Å². The fraction of sp³-hybridized carbons (Fsp3) is 0.600. The largest absolute Gasteiger partial charge is 0.481 e. The third-order valence-corrected chi connectivity index (χ3v) is 1.24. The molecule has 0 saturated heterocycles. The highest BCUT2D eigenvalue weighted by atomic mass is 16.4. The molecule has 1 heterocycles. The van der Waals surface area contributed by atoms with Gasteiger partial charge in [0.15, 0.2) is 0 Å². The van der Waals surface area contributed by atoms with Gasteiger partial charge in [-0.15, -0.1) is 0 Å². The number of aromatic nitrogens is 4. The van der Waals surface area contributed by atoms with E-state index < -0.39 is 5.97 Å². The van der Waals surface area contributed by atoms with Crippen LogP contribution in [-0.4, -0.2) is 37.8 Å². The lowest BCUT2D eigenvalue weighted by atomic mass is 10.4. The summed E-state index contributed by atoms with van der Waals surface area (Å²) in [5.41, 5.74) is 0. The molecule has 0 aliphatic carbocycles. The number of rotatable bonds is 4. The van der Waals surface area contributed by atoms with Crippen molar-refractivity contribution >= 4 is 11.9 Å². The molecule has 0 bridgehead atoms. The zero-order valence-electron chi connectivity index (χ0n) is 6.56. The average Bonchev–Trinajstić information content (AvgIpc) is 2.36.